The molecule has 3 heterocycles. The monoisotopic (exact) mass is 530 g/mol. The molecule has 0 aliphatic carbocycles. The second-order valence-corrected chi connectivity index (χ2v) is 12.1. The fourth-order valence-corrected chi connectivity index (χ4v) is 7.38. The molecule has 0 fully saturated rings. The molecule has 2 aromatic carbocycles. The predicted octanol–water partition coefficient (Wildman–Crippen LogP) is 6.25. The van der Waals surface area contributed by atoms with Crippen molar-refractivity contribution in [3.8, 4) is 22.6 Å². The molecule has 0 bridgehead atoms. The molecule has 0 radical (unpaired) electrons. The van der Waals surface area contributed by atoms with E-state index in [1.165, 1.54) is 11.3 Å². The van der Waals surface area contributed by atoms with Crippen molar-refractivity contribution in [2.24, 2.45) is 0 Å². The van der Waals surface area contributed by atoms with Crippen LogP contribution < -0.4 is 14.8 Å². The van der Waals surface area contributed by atoms with E-state index in [0.29, 0.717) is 16.4 Å². The fourth-order valence-electron chi connectivity index (χ4n) is 3.93. The maximum Gasteiger partial charge on any atom is 0.263 e. The molecule has 5 rings (SSSR count). The van der Waals surface area contributed by atoms with Gasteiger partial charge in [0.25, 0.3) is 10.0 Å². The number of hydrogen-bond donors (Lipinski definition) is 2. The van der Waals surface area contributed by atoms with E-state index in [1.807, 2.05) is 29.1 Å². The first kappa shape index (κ1) is 23.0. The Morgan fingerprint density at radius 2 is 1.97 bits per heavy atom. The molecule has 4 aromatic rings. The molecule has 7 nitrogen and oxygen atoms in total. The summed E-state index contributed by atoms with van der Waals surface area (Å²) in [5.41, 5.74) is 3.39. The van der Waals surface area contributed by atoms with Crippen LogP contribution in [0.15, 0.2) is 58.9 Å². The average molecular weight is 531 g/mol. The number of anilines is 2. The molecule has 0 spiro atoms. The normalized spacial score (nSPS) is 14.1. The number of benzene rings is 2. The molecule has 0 atom stereocenters. The number of thiazole rings is 1. The van der Waals surface area contributed by atoms with Gasteiger partial charge in [0.15, 0.2) is 5.13 Å². The van der Waals surface area contributed by atoms with Gasteiger partial charge in [-0.3, -0.25) is 8.68 Å². The third-order valence-electron chi connectivity index (χ3n) is 5.44. The SMILES string of the molecule is CCOc1cccc2c1NC(C)(C)c1sn(-c3ccc(S(=O)(=O)Nc4nccs4)cc3)c(=S)c1-2. The maximum atomic E-state index is 12.7. The molecule has 1 aliphatic heterocycles. The number of aromatic nitrogens is 2. The van der Waals surface area contributed by atoms with Gasteiger partial charge in [-0.15, -0.1) is 11.3 Å². The highest BCUT2D eigenvalue weighted by atomic mass is 32.2. The van der Waals surface area contributed by atoms with Gasteiger partial charge in [-0.05, 0) is 51.1 Å². The quantitative estimate of drug-likeness (QED) is 0.287. The van der Waals surface area contributed by atoms with E-state index < -0.39 is 10.0 Å². The van der Waals surface area contributed by atoms with Crippen LogP contribution in [0.1, 0.15) is 25.6 Å². The number of fused-ring (bicyclic) bond motifs is 3. The standard InChI is InChI=1S/C23H22N4O3S4/c1-4-30-17-7-5-6-16-18-20(23(2,3)25-19(16)17)33-27(21(18)31)14-8-10-15(11-9-14)34(28,29)26-22-24-12-13-32-22/h5-13,25H,4H2,1-3H3,(H,24,26). The van der Waals surface area contributed by atoms with Gasteiger partial charge in [-0.2, -0.15) is 0 Å². The molecule has 34 heavy (non-hydrogen) atoms. The average Bonchev–Trinajstić information content (AvgIpc) is 3.42. The minimum atomic E-state index is -3.72. The van der Waals surface area contributed by atoms with Gasteiger partial charge in [-0.1, -0.05) is 35.9 Å². The molecule has 0 saturated carbocycles. The van der Waals surface area contributed by atoms with Crippen molar-refractivity contribution in [2.45, 2.75) is 31.2 Å². The van der Waals surface area contributed by atoms with Gasteiger partial charge in [-0.25, -0.2) is 13.4 Å². The Balaban J connectivity index is 1.56. The first-order valence-electron chi connectivity index (χ1n) is 10.5. The van der Waals surface area contributed by atoms with Gasteiger partial charge < -0.3 is 10.1 Å². The zero-order chi connectivity index (χ0) is 24.1. The van der Waals surface area contributed by atoms with Crippen molar-refractivity contribution in [1.82, 2.24) is 8.94 Å². The number of rotatable bonds is 6. The van der Waals surface area contributed by atoms with Crippen molar-refractivity contribution in [3.05, 3.63) is 63.6 Å². The molecule has 0 saturated heterocycles. The fraction of sp³-hybridized carbons (Fsp3) is 0.217. The van der Waals surface area contributed by atoms with Crippen LogP contribution in [0.5, 0.6) is 5.75 Å². The minimum Gasteiger partial charge on any atom is -0.492 e. The molecular formula is C23H22N4O3S4. The summed E-state index contributed by atoms with van der Waals surface area (Å²) in [7, 11) is -3.72. The lowest BCUT2D eigenvalue weighted by molar-refractivity contribution is 0.341. The highest BCUT2D eigenvalue weighted by molar-refractivity contribution is 7.93. The summed E-state index contributed by atoms with van der Waals surface area (Å²) in [5, 5.41) is 5.67. The highest BCUT2D eigenvalue weighted by Crippen LogP contribution is 2.50. The van der Waals surface area contributed by atoms with Crippen LogP contribution in [0.3, 0.4) is 0 Å². The van der Waals surface area contributed by atoms with Crippen LogP contribution in [-0.4, -0.2) is 24.0 Å². The first-order chi connectivity index (χ1) is 16.2. The number of ether oxygens (including phenoxy) is 1. The smallest absolute Gasteiger partial charge is 0.263 e. The lowest BCUT2D eigenvalue weighted by Crippen LogP contribution is -2.30. The third-order valence-corrected chi connectivity index (χ3v) is 9.59. The molecule has 2 aromatic heterocycles. The Hall–Kier alpha value is -2.73. The number of nitrogens with one attached hydrogen (secondary N) is 2. The summed E-state index contributed by atoms with van der Waals surface area (Å²) in [6.45, 7) is 6.77. The number of hydrogen-bond acceptors (Lipinski definition) is 8. The van der Waals surface area contributed by atoms with Gasteiger partial charge in [0.2, 0.25) is 0 Å². The van der Waals surface area contributed by atoms with Gasteiger partial charge in [0.05, 0.1) is 33.3 Å². The largest absolute Gasteiger partial charge is 0.492 e. The second kappa shape index (κ2) is 8.49. The summed E-state index contributed by atoms with van der Waals surface area (Å²) < 4.78 is 36.4. The number of sulfonamides is 1. The molecule has 0 unspecified atom stereocenters. The lowest BCUT2D eigenvalue weighted by Gasteiger charge is -2.34. The Bertz CT molecular complexity index is 1520. The van der Waals surface area contributed by atoms with E-state index in [0.717, 1.165) is 33.1 Å². The predicted molar refractivity (Wildman–Crippen MR) is 141 cm³/mol. The molecule has 0 amide bonds. The Kier molecular flexibility index (Phi) is 5.75. The highest BCUT2D eigenvalue weighted by Gasteiger charge is 2.36. The van der Waals surface area contributed by atoms with Gasteiger partial charge >= 0.3 is 0 Å². The first-order valence-corrected chi connectivity index (χ1v) is 14.1. The Labute approximate surface area is 211 Å². The summed E-state index contributed by atoms with van der Waals surface area (Å²) in [5.74, 6) is 0.799. The molecule has 1 aliphatic rings. The summed E-state index contributed by atoms with van der Waals surface area (Å²) >= 11 is 8.72. The topological polar surface area (TPSA) is 85.2 Å². The molecular weight excluding hydrogens is 509 g/mol. The number of para-hydroxylation sites is 1. The van der Waals surface area contributed by atoms with Crippen molar-refractivity contribution >= 4 is 55.9 Å². The van der Waals surface area contributed by atoms with E-state index in [4.69, 9.17) is 17.0 Å². The van der Waals surface area contributed by atoms with Crippen LogP contribution >= 0.6 is 35.1 Å². The lowest BCUT2D eigenvalue weighted by atomic mass is 9.89. The summed E-state index contributed by atoms with van der Waals surface area (Å²) in [6, 6.07) is 12.7. The van der Waals surface area contributed by atoms with Crippen LogP contribution in [-0.2, 0) is 15.6 Å². The van der Waals surface area contributed by atoms with Crippen molar-refractivity contribution in [1.29, 1.82) is 0 Å². The Morgan fingerprint density at radius 1 is 1.21 bits per heavy atom. The van der Waals surface area contributed by atoms with Gasteiger partial charge in [0, 0.05) is 22.7 Å². The van der Waals surface area contributed by atoms with Crippen LogP contribution in [0.4, 0.5) is 10.8 Å². The van der Waals surface area contributed by atoms with Crippen LogP contribution in [0, 0.1) is 4.64 Å². The van der Waals surface area contributed by atoms with Crippen molar-refractivity contribution in [3.63, 3.8) is 0 Å². The zero-order valence-corrected chi connectivity index (χ0v) is 21.9. The summed E-state index contributed by atoms with van der Waals surface area (Å²) in [4.78, 5) is 5.26. The van der Waals surface area contributed by atoms with E-state index in [1.54, 1.807) is 47.4 Å². The molecule has 2 N–H and O–H groups in total. The van der Waals surface area contributed by atoms with E-state index in [2.05, 4.69) is 28.9 Å². The van der Waals surface area contributed by atoms with Crippen LogP contribution in [0.2, 0.25) is 0 Å². The molecule has 11 heteroatoms. The zero-order valence-electron chi connectivity index (χ0n) is 18.7. The van der Waals surface area contributed by atoms with Gasteiger partial charge in [0.1, 0.15) is 10.4 Å². The Morgan fingerprint density at radius 3 is 2.65 bits per heavy atom. The van der Waals surface area contributed by atoms with Crippen molar-refractivity contribution in [2.75, 3.05) is 16.6 Å². The van der Waals surface area contributed by atoms with E-state index >= 15 is 0 Å². The minimum absolute atomic E-state index is 0.160. The maximum absolute atomic E-state index is 12.7. The number of nitrogens with zero attached hydrogens (tertiary/aromatic N) is 2. The van der Waals surface area contributed by atoms with E-state index in [-0.39, 0.29) is 10.4 Å². The van der Waals surface area contributed by atoms with E-state index in [9.17, 15) is 8.42 Å². The van der Waals surface area contributed by atoms with Crippen LogP contribution in [0.25, 0.3) is 16.8 Å². The molecule has 176 valence electrons. The second-order valence-electron chi connectivity index (χ2n) is 8.19. The summed E-state index contributed by atoms with van der Waals surface area (Å²) in [6.07, 6.45) is 1.55. The van der Waals surface area contributed by atoms with Crippen molar-refractivity contribution < 1.29 is 13.2 Å². The third kappa shape index (κ3) is 3.92.